The van der Waals surface area contributed by atoms with Crippen molar-refractivity contribution in [1.82, 2.24) is 0 Å². The summed E-state index contributed by atoms with van der Waals surface area (Å²) in [5.41, 5.74) is 0.166. The Kier molecular flexibility index (Phi) is 15.1. The third-order valence-corrected chi connectivity index (χ3v) is 15.4. The zero-order chi connectivity index (χ0) is 45.5. The van der Waals surface area contributed by atoms with Gasteiger partial charge in [-0.25, -0.2) is 0 Å². The molecule has 8 aliphatic rings. The first kappa shape index (κ1) is 48.2. The van der Waals surface area contributed by atoms with E-state index < -0.39 is 90.8 Å². The highest BCUT2D eigenvalue weighted by atomic mass is 16.7. The lowest BCUT2D eigenvalue weighted by molar-refractivity contribution is -0.318. The van der Waals surface area contributed by atoms with Gasteiger partial charge >= 0.3 is 5.97 Å². The van der Waals surface area contributed by atoms with Crippen molar-refractivity contribution >= 4 is 5.97 Å². The van der Waals surface area contributed by atoms with Crippen molar-refractivity contribution in [1.29, 1.82) is 0 Å². The molecule has 0 amide bonds. The minimum Gasteiger partial charge on any atom is -0.462 e. The summed E-state index contributed by atoms with van der Waals surface area (Å²) in [5, 5.41) is 34.3. The second-order valence-electron chi connectivity index (χ2n) is 20.0. The first-order valence-corrected chi connectivity index (χ1v) is 24.0. The van der Waals surface area contributed by atoms with Gasteiger partial charge in [-0.1, -0.05) is 69.6 Å². The lowest BCUT2D eigenvalue weighted by Crippen LogP contribution is -2.58. The summed E-state index contributed by atoms with van der Waals surface area (Å²) in [6.45, 7) is 11.9. The first-order valence-electron chi connectivity index (χ1n) is 24.0. The molecule has 14 nitrogen and oxygen atoms in total. The fourth-order valence-corrected chi connectivity index (χ4v) is 11.7. The van der Waals surface area contributed by atoms with Gasteiger partial charge in [0.25, 0.3) is 0 Å². The Morgan fingerprint density at radius 3 is 2.28 bits per heavy atom. The Morgan fingerprint density at radius 1 is 0.812 bits per heavy atom. The number of carbonyl (C=O) groups is 1. The number of esters is 1. The van der Waals surface area contributed by atoms with E-state index in [1.807, 2.05) is 25.2 Å². The van der Waals surface area contributed by atoms with E-state index in [0.717, 1.165) is 18.4 Å². The zero-order valence-corrected chi connectivity index (χ0v) is 39.0. The van der Waals surface area contributed by atoms with Gasteiger partial charge in [0.2, 0.25) is 0 Å². The molecule has 2 aliphatic carbocycles. The van der Waals surface area contributed by atoms with Crippen molar-refractivity contribution in [3.05, 3.63) is 59.3 Å². The van der Waals surface area contributed by atoms with Crippen LogP contribution in [0, 0.1) is 23.7 Å². The van der Waals surface area contributed by atoms with Crippen LogP contribution >= 0.6 is 0 Å². The second kappa shape index (κ2) is 20.1. The molecule has 6 aliphatic heterocycles. The first-order chi connectivity index (χ1) is 30.6. The molecule has 0 radical (unpaired) electrons. The summed E-state index contributed by atoms with van der Waals surface area (Å²) in [7, 11) is 3.23. The molecule has 8 rings (SSSR count). The molecule has 0 aromatic heterocycles. The van der Waals surface area contributed by atoms with Gasteiger partial charge in [0.1, 0.15) is 42.0 Å². The molecule has 14 heteroatoms. The van der Waals surface area contributed by atoms with Gasteiger partial charge in [0, 0.05) is 51.7 Å². The highest BCUT2D eigenvalue weighted by Crippen LogP contribution is 2.48. The molecule has 64 heavy (non-hydrogen) atoms. The van der Waals surface area contributed by atoms with Gasteiger partial charge < -0.3 is 62.7 Å². The number of allylic oxidation sites excluding steroid dienone is 2. The molecule has 1 saturated carbocycles. The normalized spacial score (nSPS) is 49.2. The molecule has 19 atom stereocenters. The number of methoxy groups -OCH3 is 2. The predicted octanol–water partition coefficient (Wildman–Crippen LogP) is 5.91. The topological polar surface area (TPSA) is 170 Å². The maximum atomic E-state index is 14.4. The number of fused-ring (bicyclic) bond motifs is 2. The summed E-state index contributed by atoms with van der Waals surface area (Å²) in [4.78, 5) is 14.4. The molecule has 5 fully saturated rings. The van der Waals surface area contributed by atoms with Crippen LogP contribution in [-0.2, 0) is 52.2 Å². The average Bonchev–Trinajstić information content (AvgIpc) is 3.62. The number of hydrogen-bond acceptors (Lipinski definition) is 14. The Bertz CT molecular complexity index is 1790. The van der Waals surface area contributed by atoms with E-state index in [2.05, 4.69) is 32.9 Å². The van der Waals surface area contributed by atoms with Gasteiger partial charge in [0.15, 0.2) is 18.4 Å². The van der Waals surface area contributed by atoms with Crippen molar-refractivity contribution in [2.24, 2.45) is 23.7 Å². The van der Waals surface area contributed by atoms with E-state index in [1.54, 1.807) is 40.2 Å². The maximum absolute atomic E-state index is 14.4. The fourth-order valence-electron chi connectivity index (χ4n) is 11.7. The third kappa shape index (κ3) is 9.82. The van der Waals surface area contributed by atoms with Crippen molar-refractivity contribution in [3.8, 4) is 0 Å². The Hall–Kier alpha value is -2.31. The Morgan fingerprint density at radius 2 is 1.53 bits per heavy atom. The van der Waals surface area contributed by atoms with Gasteiger partial charge in [-0.3, -0.25) is 4.79 Å². The molecule has 1 spiro atoms. The summed E-state index contributed by atoms with van der Waals surface area (Å²) in [6, 6.07) is 0. The van der Waals surface area contributed by atoms with Crippen molar-refractivity contribution in [3.63, 3.8) is 0 Å². The van der Waals surface area contributed by atoms with Crippen LogP contribution in [0.5, 0.6) is 0 Å². The minimum absolute atomic E-state index is 0.0242. The fraction of sp³-hybridized carbons (Fsp3) is 0.780. The standard InChI is InChI=1S/C50H74O14/c1-27-13-12-16-34-26-57-47-42(51)30(4)21-37(50(34,47)54)48(53)60-36-22-35(63-49(25-36)20-19-29(3)45(64-49)33-14-10-9-11-15-33)18-17-28(2)44(27)61-41-24-39(56-8)46(32(6)59-41)62-40-23-38(55-7)43(52)31(5)58-40/h12-13,16-17,19-21,27,29,31-33,35-47,51-52,54H,9-11,14-15,18,22-26H2,1-8H3/b13-12+,28-17+,34-16+/t27-,29-,31-,32-,35?,36?,37?,38-,39-,40-,41-,42+,43-,44?,45?,46?,47?,49+,50+/m0/s1. The predicted molar refractivity (Wildman–Crippen MR) is 234 cm³/mol. The minimum atomic E-state index is -1.83. The monoisotopic (exact) mass is 899 g/mol. The molecular weight excluding hydrogens is 825 g/mol. The maximum Gasteiger partial charge on any atom is 0.316 e. The average molecular weight is 899 g/mol. The van der Waals surface area contributed by atoms with Gasteiger partial charge in [-0.15, -0.1) is 0 Å². The van der Waals surface area contributed by atoms with E-state index in [9.17, 15) is 20.1 Å². The molecule has 6 heterocycles. The molecule has 4 saturated heterocycles. The Balaban J connectivity index is 1.08. The molecule has 358 valence electrons. The van der Waals surface area contributed by atoms with Crippen LogP contribution in [0.3, 0.4) is 0 Å². The SMILES string of the molecule is CO[C@H]1C[C@H](OC2/C(C)=C/CC3CC(C[C@]4(C=C[C@H](C)C(C5CCCCC5)O4)O3)OC(=O)C3C=C(C)[C@@H](O)C4OC/C(=C\C=C\[C@@H]2C)[C@@]34O)O[C@@H](C)C1O[C@H]1C[C@H](OC)[C@@H](O)[C@H](C)O1. The third-order valence-electron chi connectivity index (χ3n) is 15.4. The van der Waals surface area contributed by atoms with Crippen LogP contribution in [0.2, 0.25) is 0 Å². The van der Waals surface area contributed by atoms with Crippen LogP contribution in [0.1, 0.15) is 106 Å². The number of aliphatic hydroxyl groups excluding tert-OH is 2. The summed E-state index contributed by atoms with van der Waals surface area (Å²) in [5.74, 6) is -2.32. The molecule has 2 bridgehead atoms. The zero-order valence-electron chi connectivity index (χ0n) is 39.0. The van der Waals surface area contributed by atoms with Crippen LogP contribution in [0.25, 0.3) is 0 Å². The number of hydrogen-bond donors (Lipinski definition) is 3. The second-order valence-corrected chi connectivity index (χ2v) is 20.0. The van der Waals surface area contributed by atoms with Gasteiger partial charge in [-0.2, -0.15) is 0 Å². The van der Waals surface area contributed by atoms with Crippen LogP contribution in [0.4, 0.5) is 0 Å². The molecule has 0 aromatic rings. The number of ether oxygens (including phenoxy) is 10. The van der Waals surface area contributed by atoms with E-state index in [0.29, 0.717) is 49.2 Å². The van der Waals surface area contributed by atoms with Crippen LogP contribution < -0.4 is 0 Å². The summed E-state index contributed by atoms with van der Waals surface area (Å²) in [6.07, 6.45) is 13.8. The van der Waals surface area contributed by atoms with Crippen molar-refractivity contribution in [2.75, 3.05) is 20.8 Å². The largest absolute Gasteiger partial charge is 0.462 e. The summed E-state index contributed by atoms with van der Waals surface area (Å²) >= 11 is 0. The number of carbonyl (C=O) groups excluding carboxylic acids is 1. The highest BCUT2D eigenvalue weighted by molar-refractivity contribution is 5.78. The molecule has 7 unspecified atom stereocenters. The van der Waals surface area contributed by atoms with Crippen molar-refractivity contribution in [2.45, 2.75) is 203 Å². The van der Waals surface area contributed by atoms with Gasteiger partial charge in [0.05, 0.1) is 49.3 Å². The smallest absolute Gasteiger partial charge is 0.316 e. The quantitative estimate of drug-likeness (QED) is 0.204. The number of aliphatic hydroxyl groups is 3. The van der Waals surface area contributed by atoms with Gasteiger partial charge in [-0.05, 0) is 75.7 Å². The Labute approximate surface area is 379 Å². The highest BCUT2D eigenvalue weighted by Gasteiger charge is 2.60. The summed E-state index contributed by atoms with van der Waals surface area (Å²) < 4.78 is 64.1. The molecule has 0 aromatic carbocycles. The van der Waals surface area contributed by atoms with E-state index in [-0.39, 0.29) is 36.8 Å². The molecule has 3 N–H and O–H groups in total. The van der Waals surface area contributed by atoms with E-state index >= 15 is 0 Å². The number of rotatable bonds is 7. The lowest BCUT2D eigenvalue weighted by atomic mass is 9.71. The van der Waals surface area contributed by atoms with Crippen LogP contribution in [-0.4, -0.2) is 139 Å². The van der Waals surface area contributed by atoms with E-state index in [1.165, 1.54) is 19.3 Å². The van der Waals surface area contributed by atoms with E-state index in [4.69, 9.17) is 47.4 Å². The lowest BCUT2D eigenvalue weighted by Gasteiger charge is -2.49. The van der Waals surface area contributed by atoms with Crippen LogP contribution in [0.15, 0.2) is 59.3 Å². The molecular formula is C50H74O14. The van der Waals surface area contributed by atoms with Crippen molar-refractivity contribution < 1.29 is 67.5 Å².